The Balaban J connectivity index is 1.52. The molecule has 1 aromatic heterocycles. The molecule has 22 heavy (non-hydrogen) atoms. The van der Waals surface area contributed by atoms with Gasteiger partial charge >= 0.3 is 6.03 Å². The van der Waals surface area contributed by atoms with Gasteiger partial charge in [0.05, 0.1) is 12.6 Å². The zero-order chi connectivity index (χ0) is 15.5. The average molecular weight is 302 g/mol. The molecule has 1 aliphatic heterocycles. The predicted molar refractivity (Wildman–Crippen MR) is 78.6 cm³/mol. The Labute approximate surface area is 128 Å². The van der Waals surface area contributed by atoms with Crippen LogP contribution in [0.1, 0.15) is 22.8 Å². The summed E-state index contributed by atoms with van der Waals surface area (Å²) < 4.78 is 10.6. The summed E-state index contributed by atoms with van der Waals surface area (Å²) in [6.45, 7) is 4.42. The molecule has 2 N–H and O–H groups in total. The number of carbonyl (C=O) groups excluding carboxylic acids is 1. The van der Waals surface area contributed by atoms with Gasteiger partial charge < -0.3 is 19.9 Å². The molecule has 0 saturated carbocycles. The predicted octanol–water partition coefficient (Wildman–Crippen LogP) is 1.49. The Morgan fingerprint density at radius 2 is 2.27 bits per heavy atom. The molecule has 0 saturated heterocycles. The van der Waals surface area contributed by atoms with Gasteiger partial charge in [-0.2, -0.15) is 4.98 Å². The molecule has 1 atom stereocenters. The van der Waals surface area contributed by atoms with Crippen LogP contribution in [0.2, 0.25) is 0 Å². The number of rotatable bonds is 3. The molecular weight excluding hydrogens is 284 g/mol. The van der Waals surface area contributed by atoms with Gasteiger partial charge in [0.1, 0.15) is 12.4 Å². The molecule has 0 spiro atoms. The minimum atomic E-state index is -0.271. The van der Waals surface area contributed by atoms with Gasteiger partial charge in [0, 0.05) is 6.92 Å². The third-order valence-electron chi connectivity index (χ3n) is 3.50. The third-order valence-corrected chi connectivity index (χ3v) is 3.50. The van der Waals surface area contributed by atoms with E-state index in [2.05, 4.69) is 20.8 Å². The van der Waals surface area contributed by atoms with Gasteiger partial charge in [0.15, 0.2) is 5.82 Å². The lowest BCUT2D eigenvalue weighted by atomic mass is 10.0. The van der Waals surface area contributed by atoms with Crippen LogP contribution in [0.15, 0.2) is 22.7 Å². The van der Waals surface area contributed by atoms with Crippen LogP contribution in [0.25, 0.3) is 0 Å². The SMILES string of the molecule is Cc1nc(CNC(=O)N[C@@H]2COc3c(C)cccc3C2)no1. The number of hydrogen-bond donors (Lipinski definition) is 2. The molecule has 7 heteroatoms. The van der Waals surface area contributed by atoms with Crippen molar-refractivity contribution in [3.8, 4) is 5.75 Å². The molecule has 116 valence electrons. The molecule has 0 bridgehead atoms. The highest BCUT2D eigenvalue weighted by Crippen LogP contribution is 2.28. The highest BCUT2D eigenvalue weighted by Gasteiger charge is 2.22. The topological polar surface area (TPSA) is 89.3 Å². The number of nitrogens with one attached hydrogen (secondary N) is 2. The van der Waals surface area contributed by atoms with Crippen LogP contribution < -0.4 is 15.4 Å². The Kier molecular flexibility index (Phi) is 3.95. The summed E-state index contributed by atoms with van der Waals surface area (Å²) in [5, 5.41) is 9.32. The van der Waals surface area contributed by atoms with Crippen LogP contribution in [0.3, 0.4) is 0 Å². The molecule has 2 heterocycles. The Morgan fingerprint density at radius 3 is 3.05 bits per heavy atom. The Morgan fingerprint density at radius 1 is 1.41 bits per heavy atom. The number of benzene rings is 1. The fourth-order valence-electron chi connectivity index (χ4n) is 2.49. The molecule has 0 unspecified atom stereocenters. The average Bonchev–Trinajstić information content (AvgIpc) is 2.91. The highest BCUT2D eigenvalue weighted by molar-refractivity contribution is 5.74. The van der Waals surface area contributed by atoms with Crippen molar-refractivity contribution in [2.45, 2.75) is 32.9 Å². The van der Waals surface area contributed by atoms with Crippen molar-refractivity contribution in [2.75, 3.05) is 6.61 Å². The van der Waals surface area contributed by atoms with Crippen LogP contribution in [0.5, 0.6) is 5.75 Å². The van der Waals surface area contributed by atoms with Crippen molar-refractivity contribution in [3.63, 3.8) is 0 Å². The fourth-order valence-corrected chi connectivity index (χ4v) is 2.49. The molecular formula is C15H18N4O3. The van der Waals surface area contributed by atoms with Gasteiger partial charge in [0.25, 0.3) is 0 Å². The molecule has 2 aromatic rings. The molecule has 0 radical (unpaired) electrons. The first-order valence-electron chi connectivity index (χ1n) is 7.16. The van der Waals surface area contributed by atoms with E-state index in [0.717, 1.165) is 23.3 Å². The molecule has 7 nitrogen and oxygen atoms in total. The molecule has 1 aliphatic rings. The molecule has 2 amide bonds. The largest absolute Gasteiger partial charge is 0.491 e. The lowest BCUT2D eigenvalue weighted by Gasteiger charge is -2.27. The van der Waals surface area contributed by atoms with Crippen LogP contribution in [0.4, 0.5) is 4.79 Å². The second-order valence-electron chi connectivity index (χ2n) is 5.33. The number of aryl methyl sites for hydroxylation is 2. The van der Waals surface area contributed by atoms with Crippen molar-refractivity contribution in [1.29, 1.82) is 0 Å². The van der Waals surface area contributed by atoms with Gasteiger partial charge in [-0.1, -0.05) is 23.4 Å². The van der Waals surface area contributed by atoms with E-state index in [-0.39, 0.29) is 18.6 Å². The Hall–Kier alpha value is -2.57. The molecule has 0 aliphatic carbocycles. The summed E-state index contributed by atoms with van der Waals surface area (Å²) in [4.78, 5) is 15.9. The zero-order valence-electron chi connectivity index (χ0n) is 12.5. The minimum absolute atomic E-state index is 0.0543. The number of hydrogen-bond acceptors (Lipinski definition) is 5. The summed E-state index contributed by atoms with van der Waals surface area (Å²) in [7, 11) is 0. The Bertz CT molecular complexity index is 683. The van der Waals surface area contributed by atoms with Crippen molar-refractivity contribution in [1.82, 2.24) is 20.8 Å². The number of fused-ring (bicyclic) bond motifs is 1. The zero-order valence-corrected chi connectivity index (χ0v) is 12.5. The van der Waals surface area contributed by atoms with Gasteiger partial charge in [-0.15, -0.1) is 0 Å². The normalized spacial score (nSPS) is 16.5. The van der Waals surface area contributed by atoms with Gasteiger partial charge in [-0.3, -0.25) is 0 Å². The number of aromatic nitrogens is 2. The summed E-state index contributed by atoms with van der Waals surface area (Å²) >= 11 is 0. The van der Waals surface area contributed by atoms with Crippen LogP contribution in [0, 0.1) is 13.8 Å². The maximum Gasteiger partial charge on any atom is 0.315 e. The number of para-hydroxylation sites is 1. The number of carbonyl (C=O) groups is 1. The smallest absolute Gasteiger partial charge is 0.315 e. The van der Waals surface area contributed by atoms with Crippen LogP contribution in [-0.2, 0) is 13.0 Å². The van der Waals surface area contributed by atoms with E-state index in [4.69, 9.17) is 9.26 Å². The van der Waals surface area contributed by atoms with Gasteiger partial charge in [-0.25, -0.2) is 4.79 Å². The summed E-state index contributed by atoms with van der Waals surface area (Å²) in [5.74, 6) is 1.86. The molecule has 0 fully saturated rings. The number of amides is 2. The monoisotopic (exact) mass is 302 g/mol. The van der Waals surface area contributed by atoms with Crippen molar-refractivity contribution >= 4 is 6.03 Å². The summed E-state index contributed by atoms with van der Waals surface area (Å²) in [6, 6.07) is 5.72. The second kappa shape index (κ2) is 6.05. The van der Waals surface area contributed by atoms with Crippen molar-refractivity contribution in [3.05, 3.63) is 41.0 Å². The van der Waals surface area contributed by atoms with Gasteiger partial charge in [0.2, 0.25) is 5.89 Å². The first-order valence-corrected chi connectivity index (χ1v) is 7.16. The quantitative estimate of drug-likeness (QED) is 0.896. The first kappa shape index (κ1) is 14.4. The first-order chi connectivity index (χ1) is 10.6. The van der Waals surface area contributed by atoms with E-state index in [0.29, 0.717) is 18.3 Å². The fraction of sp³-hybridized carbons (Fsp3) is 0.400. The minimum Gasteiger partial charge on any atom is -0.491 e. The maximum atomic E-state index is 11.9. The number of ether oxygens (including phenoxy) is 1. The van der Waals surface area contributed by atoms with E-state index in [1.165, 1.54) is 0 Å². The van der Waals surface area contributed by atoms with Crippen molar-refractivity contribution in [2.24, 2.45) is 0 Å². The highest BCUT2D eigenvalue weighted by atomic mass is 16.5. The maximum absolute atomic E-state index is 11.9. The van der Waals surface area contributed by atoms with Gasteiger partial charge in [-0.05, 0) is 24.5 Å². The lowest BCUT2D eigenvalue weighted by molar-refractivity contribution is 0.213. The van der Waals surface area contributed by atoms with Crippen molar-refractivity contribution < 1.29 is 14.1 Å². The second-order valence-corrected chi connectivity index (χ2v) is 5.33. The summed E-state index contributed by atoms with van der Waals surface area (Å²) in [6.07, 6.45) is 0.756. The summed E-state index contributed by atoms with van der Waals surface area (Å²) in [5.41, 5.74) is 2.23. The number of nitrogens with zero attached hydrogens (tertiary/aromatic N) is 2. The van der Waals surface area contributed by atoms with Crippen LogP contribution >= 0.6 is 0 Å². The van der Waals surface area contributed by atoms with E-state index in [1.807, 2.05) is 25.1 Å². The third kappa shape index (κ3) is 3.19. The standard InChI is InChI=1S/C15H18N4O3/c1-9-4-3-5-11-6-12(8-21-14(9)11)18-15(20)16-7-13-17-10(2)22-19-13/h3-5,12H,6-8H2,1-2H3,(H2,16,18,20)/t12-/m0/s1. The van der Waals surface area contributed by atoms with Crippen LogP contribution in [-0.4, -0.2) is 28.8 Å². The molecule has 3 rings (SSSR count). The van der Waals surface area contributed by atoms with E-state index >= 15 is 0 Å². The molecule has 1 aromatic carbocycles. The van der Waals surface area contributed by atoms with E-state index < -0.39 is 0 Å². The lowest BCUT2D eigenvalue weighted by Crippen LogP contribution is -2.47. The van der Waals surface area contributed by atoms with E-state index in [9.17, 15) is 4.79 Å². The van der Waals surface area contributed by atoms with E-state index in [1.54, 1.807) is 6.92 Å². The number of urea groups is 1.